The van der Waals surface area contributed by atoms with Crippen molar-refractivity contribution in [3.8, 4) is 11.2 Å². The average Bonchev–Trinajstić information content (AvgIpc) is 2.50. The second-order valence-corrected chi connectivity index (χ2v) is 6.24. The zero-order chi connectivity index (χ0) is 14.0. The van der Waals surface area contributed by atoms with Crippen molar-refractivity contribution in [3.63, 3.8) is 0 Å². The van der Waals surface area contributed by atoms with Crippen LogP contribution >= 0.6 is 11.8 Å². The van der Waals surface area contributed by atoms with Crippen LogP contribution in [0.15, 0.2) is 35.2 Å². The number of hydrogen-bond acceptors (Lipinski definition) is 2. The Kier molecular flexibility index (Phi) is 7.05. The largest absolute Gasteiger partial charge is 0.378 e. The quantitative estimate of drug-likeness (QED) is 0.423. The van der Waals surface area contributed by atoms with E-state index in [4.69, 9.17) is 4.74 Å². The topological polar surface area (TPSA) is 9.23 Å². The second kappa shape index (κ2) is 9.10. The first-order valence-corrected chi connectivity index (χ1v) is 8.54. The predicted octanol–water partition coefficient (Wildman–Crippen LogP) is 5.12. The fourth-order valence-corrected chi connectivity index (χ4v) is 3.07. The van der Waals surface area contributed by atoms with Crippen molar-refractivity contribution in [2.75, 3.05) is 6.61 Å². The average molecular weight is 288 g/mol. The third-order valence-corrected chi connectivity index (χ3v) is 4.43. The van der Waals surface area contributed by atoms with E-state index in [1.54, 1.807) is 11.8 Å². The van der Waals surface area contributed by atoms with Gasteiger partial charge in [0.1, 0.15) is 0 Å². The number of benzene rings is 1. The maximum Gasteiger partial charge on any atom is 0.0576 e. The molecular formula is C18H24OS. The van der Waals surface area contributed by atoms with Crippen molar-refractivity contribution >= 4 is 11.8 Å². The molecule has 0 N–H and O–H groups in total. The SMILES string of the molecule is CCCCOC1CCC(C#CSc2ccccc2)CC1. The minimum Gasteiger partial charge on any atom is -0.378 e. The highest BCUT2D eigenvalue weighted by Crippen LogP contribution is 2.26. The molecule has 1 saturated carbocycles. The molecule has 1 aliphatic rings. The number of hydrogen-bond donors (Lipinski definition) is 0. The summed E-state index contributed by atoms with van der Waals surface area (Å²) in [6.07, 6.45) is 7.64. The molecule has 0 aromatic heterocycles. The Balaban J connectivity index is 1.67. The minimum atomic E-state index is 0.487. The van der Waals surface area contributed by atoms with Crippen molar-refractivity contribution in [1.82, 2.24) is 0 Å². The Morgan fingerprint density at radius 2 is 1.90 bits per heavy atom. The second-order valence-electron chi connectivity index (χ2n) is 5.36. The van der Waals surface area contributed by atoms with Crippen LogP contribution in [0.4, 0.5) is 0 Å². The normalized spacial score (nSPS) is 22.1. The molecule has 0 radical (unpaired) electrons. The summed E-state index contributed by atoms with van der Waals surface area (Å²) in [5.41, 5.74) is 0. The molecule has 2 heteroatoms. The highest BCUT2D eigenvalue weighted by molar-refractivity contribution is 8.03. The molecule has 1 nitrogen and oxygen atoms in total. The van der Waals surface area contributed by atoms with Gasteiger partial charge in [0.2, 0.25) is 0 Å². The number of ether oxygens (including phenoxy) is 1. The van der Waals surface area contributed by atoms with Gasteiger partial charge in [-0.1, -0.05) is 37.5 Å². The summed E-state index contributed by atoms with van der Waals surface area (Å²) in [6, 6.07) is 10.4. The molecule has 0 atom stereocenters. The molecule has 20 heavy (non-hydrogen) atoms. The van der Waals surface area contributed by atoms with E-state index in [1.807, 2.05) is 6.07 Å². The minimum absolute atomic E-state index is 0.487. The maximum atomic E-state index is 5.89. The van der Waals surface area contributed by atoms with Crippen molar-refractivity contribution < 1.29 is 4.74 Å². The van der Waals surface area contributed by atoms with Crippen molar-refractivity contribution in [1.29, 1.82) is 0 Å². The van der Waals surface area contributed by atoms with Gasteiger partial charge in [-0.2, -0.15) is 0 Å². The summed E-state index contributed by atoms with van der Waals surface area (Å²) in [6.45, 7) is 3.14. The first-order chi connectivity index (χ1) is 9.88. The van der Waals surface area contributed by atoms with Gasteiger partial charge in [0.25, 0.3) is 0 Å². The summed E-state index contributed by atoms with van der Waals surface area (Å²) in [5.74, 6) is 3.98. The highest BCUT2D eigenvalue weighted by Gasteiger charge is 2.19. The molecule has 108 valence electrons. The summed E-state index contributed by atoms with van der Waals surface area (Å²) < 4.78 is 5.89. The van der Waals surface area contributed by atoms with Gasteiger partial charge >= 0.3 is 0 Å². The van der Waals surface area contributed by atoms with Crippen LogP contribution < -0.4 is 0 Å². The van der Waals surface area contributed by atoms with Crippen LogP contribution in [-0.2, 0) is 4.74 Å². The molecule has 1 aromatic carbocycles. The first kappa shape index (κ1) is 15.5. The molecular weight excluding hydrogens is 264 g/mol. The van der Waals surface area contributed by atoms with Crippen LogP contribution in [0.25, 0.3) is 0 Å². The predicted molar refractivity (Wildman–Crippen MR) is 86.7 cm³/mol. The van der Waals surface area contributed by atoms with E-state index in [0.29, 0.717) is 12.0 Å². The molecule has 1 fully saturated rings. The molecule has 1 aliphatic carbocycles. The van der Waals surface area contributed by atoms with E-state index in [1.165, 1.54) is 43.4 Å². The van der Waals surface area contributed by atoms with Crippen LogP contribution in [-0.4, -0.2) is 12.7 Å². The lowest BCUT2D eigenvalue weighted by Crippen LogP contribution is -2.21. The number of unbranched alkanes of at least 4 members (excludes halogenated alkanes) is 1. The Hall–Kier alpha value is -0.910. The third-order valence-electron chi connectivity index (χ3n) is 3.70. The van der Waals surface area contributed by atoms with Crippen LogP contribution in [0.2, 0.25) is 0 Å². The van der Waals surface area contributed by atoms with E-state index in [0.717, 1.165) is 6.61 Å². The van der Waals surface area contributed by atoms with Crippen LogP contribution in [0.3, 0.4) is 0 Å². The van der Waals surface area contributed by atoms with Gasteiger partial charge in [0, 0.05) is 17.4 Å². The van der Waals surface area contributed by atoms with E-state index in [-0.39, 0.29) is 0 Å². The summed E-state index contributed by atoms with van der Waals surface area (Å²) in [7, 11) is 0. The van der Waals surface area contributed by atoms with Crippen molar-refractivity contribution in [3.05, 3.63) is 30.3 Å². The van der Waals surface area contributed by atoms with Crippen LogP contribution in [0.5, 0.6) is 0 Å². The summed E-state index contributed by atoms with van der Waals surface area (Å²) in [4.78, 5) is 1.23. The number of thioether (sulfide) groups is 1. The van der Waals surface area contributed by atoms with E-state index in [2.05, 4.69) is 42.4 Å². The van der Waals surface area contributed by atoms with E-state index in [9.17, 15) is 0 Å². The summed E-state index contributed by atoms with van der Waals surface area (Å²) >= 11 is 1.64. The maximum absolute atomic E-state index is 5.89. The van der Waals surface area contributed by atoms with Crippen molar-refractivity contribution in [2.45, 2.75) is 56.4 Å². The van der Waals surface area contributed by atoms with Gasteiger partial charge in [-0.05, 0) is 61.3 Å². The molecule has 0 spiro atoms. The summed E-state index contributed by atoms with van der Waals surface area (Å²) in [5, 5.41) is 3.26. The van der Waals surface area contributed by atoms with Gasteiger partial charge < -0.3 is 4.74 Å². The van der Waals surface area contributed by atoms with Gasteiger partial charge in [0.15, 0.2) is 0 Å². The molecule has 0 saturated heterocycles. The van der Waals surface area contributed by atoms with Gasteiger partial charge in [-0.25, -0.2) is 0 Å². The lowest BCUT2D eigenvalue weighted by Gasteiger charge is -2.25. The zero-order valence-corrected chi connectivity index (χ0v) is 13.1. The molecule has 0 unspecified atom stereocenters. The van der Waals surface area contributed by atoms with Crippen molar-refractivity contribution in [2.24, 2.45) is 5.92 Å². The fraction of sp³-hybridized carbons (Fsp3) is 0.556. The fourth-order valence-electron chi connectivity index (χ4n) is 2.43. The lowest BCUT2D eigenvalue weighted by atomic mass is 9.88. The molecule has 0 heterocycles. The Morgan fingerprint density at radius 1 is 1.15 bits per heavy atom. The first-order valence-electron chi connectivity index (χ1n) is 7.72. The van der Waals surface area contributed by atoms with Crippen LogP contribution in [0, 0.1) is 17.1 Å². The Labute approximate surface area is 127 Å². The molecule has 0 amide bonds. The highest BCUT2D eigenvalue weighted by atomic mass is 32.2. The smallest absolute Gasteiger partial charge is 0.0576 e. The van der Waals surface area contributed by atoms with Gasteiger partial charge in [0.05, 0.1) is 6.10 Å². The van der Waals surface area contributed by atoms with Gasteiger partial charge in [-0.15, -0.1) is 0 Å². The van der Waals surface area contributed by atoms with Gasteiger partial charge in [-0.3, -0.25) is 0 Å². The Morgan fingerprint density at radius 3 is 2.60 bits per heavy atom. The van der Waals surface area contributed by atoms with E-state index < -0.39 is 0 Å². The Bertz CT molecular complexity index is 424. The molecule has 2 rings (SSSR count). The number of rotatable bonds is 5. The molecule has 0 bridgehead atoms. The molecule has 1 aromatic rings. The van der Waals surface area contributed by atoms with Crippen LogP contribution in [0.1, 0.15) is 45.4 Å². The standard InChI is InChI=1S/C18H24OS/c1-2-3-14-19-17-11-9-16(10-12-17)13-15-20-18-7-5-4-6-8-18/h4-8,16-17H,2-3,9-12,14H2,1H3. The molecule has 0 aliphatic heterocycles. The van der Waals surface area contributed by atoms with E-state index >= 15 is 0 Å². The monoisotopic (exact) mass is 288 g/mol. The lowest BCUT2D eigenvalue weighted by molar-refractivity contribution is 0.0216. The third kappa shape index (κ3) is 5.61. The zero-order valence-electron chi connectivity index (χ0n) is 12.3.